The van der Waals surface area contributed by atoms with Crippen LogP contribution in [0.2, 0.25) is 0 Å². The summed E-state index contributed by atoms with van der Waals surface area (Å²) in [6.07, 6.45) is 0. The molecule has 46 heavy (non-hydrogen) atoms. The van der Waals surface area contributed by atoms with E-state index in [0.717, 1.165) is 43.2 Å². The molecule has 0 aliphatic heterocycles. The normalized spacial score (nSPS) is 12.4. The second-order valence-electron chi connectivity index (χ2n) is 12.3. The van der Waals surface area contributed by atoms with E-state index in [1.165, 1.54) is 39.2 Å². The minimum Gasteiger partial charge on any atom is -0.372 e. The topological polar surface area (TPSA) is 9.72 Å². The lowest BCUT2D eigenvalue weighted by Crippen LogP contribution is -2.21. The third-order valence-corrected chi connectivity index (χ3v) is 9.64. The number of nitrogens with zero attached hydrogens (tertiary/aromatic N) is 3. The molecule has 0 aliphatic rings. The fraction of sp³-hybridized carbons (Fsp3) is 0.302. The Bertz CT molecular complexity index is 1520. The monoisotopic (exact) mass is 609 g/mol. The van der Waals surface area contributed by atoms with Crippen molar-refractivity contribution in [1.82, 2.24) is 0 Å². The molecule has 0 spiro atoms. The quantitative estimate of drug-likeness (QED) is 0.131. The molecule has 5 rings (SSSR count). The van der Waals surface area contributed by atoms with Crippen LogP contribution in [0.25, 0.3) is 0 Å². The predicted octanol–water partition coefficient (Wildman–Crippen LogP) is 11.5. The van der Waals surface area contributed by atoms with Crippen LogP contribution in [0.5, 0.6) is 0 Å². The van der Waals surface area contributed by atoms with Crippen LogP contribution in [-0.2, 0) is 0 Å². The standard InChI is InChI=1S/C43H51N3/c1-8-44(9-2)39-24-14-35(15-25-39)33(6)37-18-28-42(29-19-37)46(41-22-12-32(5)13-23-41)43-30-20-38(21-31-43)34(7)36-16-26-40(27-17-36)45(10-3)11-4/h12-31,33-34H,8-11H2,1-7H3. The van der Waals surface area contributed by atoms with Gasteiger partial charge >= 0.3 is 0 Å². The van der Waals surface area contributed by atoms with E-state index in [9.17, 15) is 0 Å². The summed E-state index contributed by atoms with van der Waals surface area (Å²) in [6.45, 7) is 19.7. The van der Waals surface area contributed by atoms with Crippen LogP contribution in [0.4, 0.5) is 28.4 Å². The van der Waals surface area contributed by atoms with Crippen molar-refractivity contribution in [1.29, 1.82) is 0 Å². The lowest BCUT2D eigenvalue weighted by Gasteiger charge is -2.27. The maximum absolute atomic E-state index is 2.39. The number of hydrogen-bond acceptors (Lipinski definition) is 3. The number of rotatable bonds is 13. The summed E-state index contributed by atoms with van der Waals surface area (Å²) in [5, 5.41) is 0. The summed E-state index contributed by atoms with van der Waals surface area (Å²) in [5.41, 5.74) is 12.6. The van der Waals surface area contributed by atoms with Crippen molar-refractivity contribution in [2.24, 2.45) is 0 Å². The number of aryl methyl sites for hydroxylation is 1. The fourth-order valence-electron chi connectivity index (χ4n) is 6.48. The highest BCUT2D eigenvalue weighted by molar-refractivity contribution is 5.77. The van der Waals surface area contributed by atoms with Crippen molar-refractivity contribution in [2.45, 2.75) is 60.3 Å². The first kappa shape index (κ1) is 32.9. The molecule has 0 radical (unpaired) electrons. The van der Waals surface area contributed by atoms with Crippen LogP contribution in [0, 0.1) is 6.92 Å². The van der Waals surface area contributed by atoms with Gasteiger partial charge in [0.2, 0.25) is 0 Å². The van der Waals surface area contributed by atoms with Gasteiger partial charge in [0.05, 0.1) is 0 Å². The van der Waals surface area contributed by atoms with Crippen LogP contribution >= 0.6 is 0 Å². The molecule has 0 N–H and O–H groups in total. The Kier molecular flexibility index (Phi) is 10.9. The van der Waals surface area contributed by atoms with Gasteiger partial charge in [-0.25, -0.2) is 0 Å². The Morgan fingerprint density at radius 3 is 0.870 bits per heavy atom. The van der Waals surface area contributed by atoms with Gasteiger partial charge in [-0.15, -0.1) is 0 Å². The molecular weight excluding hydrogens is 558 g/mol. The van der Waals surface area contributed by atoms with E-state index in [4.69, 9.17) is 0 Å². The second kappa shape index (κ2) is 15.2. The average molecular weight is 610 g/mol. The Morgan fingerprint density at radius 2 is 0.609 bits per heavy atom. The van der Waals surface area contributed by atoms with Crippen LogP contribution in [0.3, 0.4) is 0 Å². The van der Waals surface area contributed by atoms with Crippen molar-refractivity contribution in [3.8, 4) is 0 Å². The van der Waals surface area contributed by atoms with E-state index >= 15 is 0 Å². The van der Waals surface area contributed by atoms with Crippen molar-refractivity contribution in [2.75, 3.05) is 40.9 Å². The predicted molar refractivity (Wildman–Crippen MR) is 201 cm³/mol. The summed E-state index contributed by atoms with van der Waals surface area (Å²) in [7, 11) is 0. The summed E-state index contributed by atoms with van der Waals surface area (Å²) >= 11 is 0. The van der Waals surface area contributed by atoms with E-state index in [1.54, 1.807) is 0 Å². The lowest BCUT2D eigenvalue weighted by molar-refractivity contribution is 0.863. The maximum Gasteiger partial charge on any atom is 0.0461 e. The first-order valence-electron chi connectivity index (χ1n) is 17.1. The molecular formula is C43H51N3. The van der Waals surface area contributed by atoms with E-state index in [0.29, 0.717) is 11.8 Å². The van der Waals surface area contributed by atoms with Crippen molar-refractivity contribution >= 4 is 28.4 Å². The third kappa shape index (κ3) is 7.31. The Labute approximate surface area is 278 Å². The minimum atomic E-state index is 0.314. The third-order valence-electron chi connectivity index (χ3n) is 9.64. The van der Waals surface area contributed by atoms with E-state index in [-0.39, 0.29) is 0 Å². The van der Waals surface area contributed by atoms with Crippen LogP contribution in [0.15, 0.2) is 121 Å². The molecule has 5 aromatic carbocycles. The van der Waals surface area contributed by atoms with E-state index in [2.05, 4.69) is 184 Å². The number of anilines is 5. The van der Waals surface area contributed by atoms with Gasteiger partial charge in [0, 0.05) is 66.5 Å². The van der Waals surface area contributed by atoms with Gasteiger partial charge in [0.15, 0.2) is 0 Å². The molecule has 0 amide bonds. The van der Waals surface area contributed by atoms with Crippen LogP contribution < -0.4 is 14.7 Å². The van der Waals surface area contributed by atoms with Crippen molar-refractivity contribution in [3.05, 3.63) is 149 Å². The summed E-state index contributed by atoms with van der Waals surface area (Å²) in [6, 6.07) is 45.2. The van der Waals surface area contributed by atoms with Crippen LogP contribution in [-0.4, -0.2) is 26.2 Å². The average Bonchev–Trinajstić information content (AvgIpc) is 3.11. The van der Waals surface area contributed by atoms with Gasteiger partial charge in [-0.1, -0.05) is 80.1 Å². The maximum atomic E-state index is 2.39. The van der Waals surface area contributed by atoms with Gasteiger partial charge in [0.1, 0.15) is 0 Å². The fourth-order valence-corrected chi connectivity index (χ4v) is 6.48. The first-order chi connectivity index (χ1) is 22.4. The highest BCUT2D eigenvalue weighted by atomic mass is 15.1. The van der Waals surface area contributed by atoms with Gasteiger partial charge in [-0.05, 0) is 118 Å². The Balaban J connectivity index is 1.39. The molecule has 238 valence electrons. The molecule has 2 unspecified atom stereocenters. The lowest BCUT2D eigenvalue weighted by atomic mass is 9.92. The summed E-state index contributed by atoms with van der Waals surface area (Å²) in [4.78, 5) is 7.14. The minimum absolute atomic E-state index is 0.314. The van der Waals surface area contributed by atoms with Crippen molar-refractivity contribution in [3.63, 3.8) is 0 Å². The number of benzene rings is 5. The molecule has 3 nitrogen and oxygen atoms in total. The Morgan fingerprint density at radius 1 is 0.370 bits per heavy atom. The zero-order valence-corrected chi connectivity index (χ0v) is 28.9. The SMILES string of the molecule is CCN(CC)c1ccc(C(C)c2ccc(N(c3ccc(C)cc3)c3ccc(C(C)c4ccc(N(CC)CC)cc4)cc3)cc2)cc1. The largest absolute Gasteiger partial charge is 0.372 e. The molecule has 0 aromatic heterocycles. The molecule has 2 atom stereocenters. The highest BCUT2D eigenvalue weighted by Gasteiger charge is 2.16. The molecule has 0 saturated heterocycles. The molecule has 0 bridgehead atoms. The van der Waals surface area contributed by atoms with E-state index < -0.39 is 0 Å². The summed E-state index contributed by atoms with van der Waals surface area (Å²) < 4.78 is 0. The molecule has 0 fully saturated rings. The Hall–Kier alpha value is -4.50. The molecule has 5 aromatic rings. The van der Waals surface area contributed by atoms with E-state index in [1.807, 2.05) is 0 Å². The second-order valence-corrected chi connectivity index (χ2v) is 12.3. The zero-order valence-electron chi connectivity index (χ0n) is 28.9. The first-order valence-corrected chi connectivity index (χ1v) is 17.1. The van der Waals surface area contributed by atoms with Gasteiger partial charge < -0.3 is 14.7 Å². The van der Waals surface area contributed by atoms with Gasteiger partial charge in [0.25, 0.3) is 0 Å². The van der Waals surface area contributed by atoms with Gasteiger partial charge in [-0.2, -0.15) is 0 Å². The van der Waals surface area contributed by atoms with Crippen molar-refractivity contribution < 1.29 is 0 Å². The molecule has 0 saturated carbocycles. The van der Waals surface area contributed by atoms with Crippen LogP contribution in [0.1, 0.15) is 81.2 Å². The highest BCUT2D eigenvalue weighted by Crippen LogP contribution is 2.37. The zero-order chi connectivity index (χ0) is 32.6. The smallest absolute Gasteiger partial charge is 0.0461 e. The molecule has 3 heteroatoms. The summed E-state index contributed by atoms with van der Waals surface area (Å²) in [5.74, 6) is 0.629. The van der Waals surface area contributed by atoms with Gasteiger partial charge in [-0.3, -0.25) is 0 Å². The number of hydrogen-bond donors (Lipinski definition) is 0. The molecule has 0 heterocycles. The molecule has 0 aliphatic carbocycles.